The molecule has 0 saturated carbocycles. The van der Waals surface area contributed by atoms with Gasteiger partial charge in [0.2, 0.25) is 5.91 Å². The standard InChI is InChI=1S/C13H14N4O2/c1-2-7-14-11(18)8-15-13(19)12-9-5-3-4-6-10(9)16-17-12/h2-6H,1,7-8H2,(H,14,18)(H,15,19)(H,16,17). The maximum absolute atomic E-state index is 11.9. The first kappa shape index (κ1) is 12.8. The van der Waals surface area contributed by atoms with Crippen molar-refractivity contribution in [2.75, 3.05) is 13.1 Å². The van der Waals surface area contributed by atoms with Gasteiger partial charge >= 0.3 is 0 Å². The van der Waals surface area contributed by atoms with Gasteiger partial charge in [-0.05, 0) is 6.07 Å². The molecule has 2 aromatic rings. The summed E-state index contributed by atoms with van der Waals surface area (Å²) in [6, 6.07) is 7.30. The Morgan fingerprint density at radius 1 is 1.32 bits per heavy atom. The van der Waals surface area contributed by atoms with E-state index in [1.807, 2.05) is 18.2 Å². The minimum atomic E-state index is -0.383. The second kappa shape index (κ2) is 5.81. The van der Waals surface area contributed by atoms with Crippen molar-refractivity contribution in [2.24, 2.45) is 0 Å². The van der Waals surface area contributed by atoms with Gasteiger partial charge in [-0.15, -0.1) is 6.58 Å². The lowest BCUT2D eigenvalue weighted by atomic mass is 10.2. The van der Waals surface area contributed by atoms with Crippen LogP contribution in [0.3, 0.4) is 0 Å². The average Bonchev–Trinajstić information content (AvgIpc) is 2.86. The van der Waals surface area contributed by atoms with Crippen LogP contribution in [0.5, 0.6) is 0 Å². The summed E-state index contributed by atoms with van der Waals surface area (Å²) in [7, 11) is 0. The van der Waals surface area contributed by atoms with Crippen molar-refractivity contribution in [1.82, 2.24) is 20.8 Å². The van der Waals surface area contributed by atoms with Crippen molar-refractivity contribution in [2.45, 2.75) is 0 Å². The fourth-order valence-electron chi connectivity index (χ4n) is 1.63. The monoisotopic (exact) mass is 258 g/mol. The smallest absolute Gasteiger partial charge is 0.272 e. The minimum Gasteiger partial charge on any atom is -0.351 e. The van der Waals surface area contributed by atoms with Gasteiger partial charge in [-0.3, -0.25) is 14.7 Å². The molecule has 0 atom stereocenters. The predicted molar refractivity (Wildman–Crippen MR) is 71.6 cm³/mol. The third-order valence-corrected chi connectivity index (χ3v) is 2.54. The Morgan fingerprint density at radius 3 is 2.89 bits per heavy atom. The lowest BCUT2D eigenvalue weighted by molar-refractivity contribution is -0.119. The fraction of sp³-hybridized carbons (Fsp3) is 0.154. The van der Waals surface area contributed by atoms with Gasteiger partial charge in [-0.1, -0.05) is 24.3 Å². The van der Waals surface area contributed by atoms with Crippen LogP contribution in [-0.2, 0) is 4.79 Å². The maximum Gasteiger partial charge on any atom is 0.272 e. The number of aromatic amines is 1. The van der Waals surface area contributed by atoms with E-state index < -0.39 is 0 Å². The molecular weight excluding hydrogens is 244 g/mol. The summed E-state index contributed by atoms with van der Waals surface area (Å²) in [6.45, 7) is 3.77. The molecule has 1 aromatic carbocycles. The molecule has 0 bridgehead atoms. The number of H-pyrrole nitrogens is 1. The summed E-state index contributed by atoms with van der Waals surface area (Å²) >= 11 is 0. The number of fused-ring (bicyclic) bond motifs is 1. The molecule has 1 aromatic heterocycles. The number of rotatable bonds is 5. The van der Waals surface area contributed by atoms with Gasteiger partial charge in [-0.25, -0.2) is 0 Å². The number of para-hydroxylation sites is 1. The number of benzene rings is 1. The van der Waals surface area contributed by atoms with Crippen LogP contribution in [0.2, 0.25) is 0 Å². The van der Waals surface area contributed by atoms with Crippen molar-refractivity contribution in [3.63, 3.8) is 0 Å². The molecule has 6 nitrogen and oxygen atoms in total. The summed E-state index contributed by atoms with van der Waals surface area (Å²) in [5, 5.41) is 12.5. The van der Waals surface area contributed by atoms with Crippen LogP contribution in [0.15, 0.2) is 36.9 Å². The van der Waals surface area contributed by atoms with E-state index >= 15 is 0 Å². The molecule has 98 valence electrons. The van der Waals surface area contributed by atoms with E-state index in [9.17, 15) is 9.59 Å². The number of amides is 2. The molecule has 0 aliphatic carbocycles. The molecule has 0 aliphatic heterocycles. The lowest BCUT2D eigenvalue weighted by Gasteiger charge is -2.03. The normalized spacial score (nSPS) is 10.1. The highest BCUT2D eigenvalue weighted by molar-refractivity contribution is 6.05. The second-order valence-electron chi connectivity index (χ2n) is 3.89. The Labute approximate surface area is 109 Å². The molecular formula is C13H14N4O2. The average molecular weight is 258 g/mol. The third kappa shape index (κ3) is 2.98. The zero-order chi connectivity index (χ0) is 13.7. The van der Waals surface area contributed by atoms with E-state index in [0.717, 1.165) is 10.9 Å². The van der Waals surface area contributed by atoms with E-state index in [0.29, 0.717) is 6.54 Å². The van der Waals surface area contributed by atoms with Crippen molar-refractivity contribution >= 4 is 22.7 Å². The second-order valence-corrected chi connectivity index (χ2v) is 3.89. The van der Waals surface area contributed by atoms with Gasteiger partial charge in [0.1, 0.15) is 0 Å². The van der Waals surface area contributed by atoms with Crippen LogP contribution in [-0.4, -0.2) is 35.1 Å². The summed E-state index contributed by atoms with van der Waals surface area (Å²) in [5.74, 6) is -0.653. The van der Waals surface area contributed by atoms with Gasteiger partial charge in [0.05, 0.1) is 12.1 Å². The Balaban J connectivity index is 2.00. The number of aromatic nitrogens is 2. The first-order valence-corrected chi connectivity index (χ1v) is 5.81. The highest BCUT2D eigenvalue weighted by Gasteiger charge is 2.14. The highest BCUT2D eigenvalue weighted by atomic mass is 16.2. The highest BCUT2D eigenvalue weighted by Crippen LogP contribution is 2.14. The summed E-state index contributed by atoms with van der Waals surface area (Å²) in [4.78, 5) is 23.2. The number of nitrogens with one attached hydrogen (secondary N) is 3. The van der Waals surface area contributed by atoms with Crippen molar-refractivity contribution in [3.8, 4) is 0 Å². The quantitative estimate of drug-likeness (QED) is 0.686. The first-order valence-electron chi connectivity index (χ1n) is 5.81. The van der Waals surface area contributed by atoms with Crippen molar-refractivity contribution < 1.29 is 9.59 Å². The molecule has 0 unspecified atom stereocenters. The predicted octanol–water partition coefficient (Wildman–Crippen LogP) is 0.595. The number of hydrogen-bond donors (Lipinski definition) is 3. The zero-order valence-electron chi connectivity index (χ0n) is 10.3. The molecule has 0 saturated heterocycles. The maximum atomic E-state index is 11.9. The Hall–Kier alpha value is -2.63. The molecule has 0 aliphatic rings. The SMILES string of the molecule is C=CCNC(=O)CNC(=O)c1n[nH]c2ccccc12. The van der Waals surface area contributed by atoms with Crippen LogP contribution >= 0.6 is 0 Å². The molecule has 0 radical (unpaired) electrons. The Bertz CT molecular complexity index is 618. The molecule has 0 fully saturated rings. The Morgan fingerprint density at radius 2 is 2.11 bits per heavy atom. The van der Waals surface area contributed by atoms with E-state index in [4.69, 9.17) is 0 Å². The molecule has 2 amide bonds. The van der Waals surface area contributed by atoms with Crippen LogP contribution in [0, 0.1) is 0 Å². The minimum absolute atomic E-state index is 0.0894. The fourth-order valence-corrected chi connectivity index (χ4v) is 1.63. The van der Waals surface area contributed by atoms with Gasteiger partial charge in [-0.2, -0.15) is 5.10 Å². The largest absolute Gasteiger partial charge is 0.351 e. The van der Waals surface area contributed by atoms with E-state index in [1.165, 1.54) is 0 Å². The lowest BCUT2D eigenvalue weighted by Crippen LogP contribution is -2.37. The van der Waals surface area contributed by atoms with Crippen LogP contribution < -0.4 is 10.6 Å². The summed E-state index contributed by atoms with van der Waals surface area (Å²) in [5.41, 5.74) is 1.07. The molecule has 0 spiro atoms. The summed E-state index contributed by atoms with van der Waals surface area (Å²) < 4.78 is 0. The molecule has 6 heteroatoms. The van der Waals surface area contributed by atoms with E-state index in [1.54, 1.807) is 12.1 Å². The first-order chi connectivity index (χ1) is 9.22. The topological polar surface area (TPSA) is 86.9 Å². The zero-order valence-corrected chi connectivity index (χ0v) is 10.3. The molecule has 19 heavy (non-hydrogen) atoms. The summed E-state index contributed by atoms with van der Waals surface area (Å²) in [6.07, 6.45) is 1.57. The van der Waals surface area contributed by atoms with Gasteiger partial charge in [0, 0.05) is 11.9 Å². The third-order valence-electron chi connectivity index (χ3n) is 2.54. The van der Waals surface area contributed by atoms with Gasteiger partial charge < -0.3 is 10.6 Å². The van der Waals surface area contributed by atoms with Crippen LogP contribution in [0.4, 0.5) is 0 Å². The number of nitrogens with zero attached hydrogens (tertiary/aromatic N) is 1. The molecule has 3 N–H and O–H groups in total. The van der Waals surface area contributed by atoms with E-state index in [-0.39, 0.29) is 24.1 Å². The van der Waals surface area contributed by atoms with E-state index in [2.05, 4.69) is 27.4 Å². The van der Waals surface area contributed by atoms with Crippen molar-refractivity contribution in [3.05, 3.63) is 42.6 Å². The van der Waals surface area contributed by atoms with Gasteiger partial charge in [0.15, 0.2) is 5.69 Å². The molecule has 1 heterocycles. The number of carbonyl (C=O) groups excluding carboxylic acids is 2. The van der Waals surface area contributed by atoms with Crippen LogP contribution in [0.1, 0.15) is 10.5 Å². The van der Waals surface area contributed by atoms with Crippen LogP contribution in [0.25, 0.3) is 10.9 Å². The number of carbonyl (C=O) groups is 2. The number of hydrogen-bond acceptors (Lipinski definition) is 3. The van der Waals surface area contributed by atoms with Gasteiger partial charge in [0.25, 0.3) is 5.91 Å². The Kier molecular flexibility index (Phi) is 3.92. The molecule has 2 rings (SSSR count). The van der Waals surface area contributed by atoms with Crippen molar-refractivity contribution in [1.29, 1.82) is 0 Å².